The van der Waals surface area contributed by atoms with Crippen LogP contribution in [0.5, 0.6) is 0 Å². The molecule has 440 valence electrons. The van der Waals surface area contributed by atoms with E-state index in [1.54, 1.807) is 6.08 Å². The van der Waals surface area contributed by atoms with E-state index in [1.807, 2.05) is 6.08 Å². The number of esters is 1. The molecule has 1 aliphatic heterocycles. The molecule has 1 saturated heterocycles. The number of carbonyl (C=O) groups is 2. The summed E-state index contributed by atoms with van der Waals surface area (Å²) in [4.78, 5) is 25.0. The van der Waals surface area contributed by atoms with Crippen LogP contribution >= 0.6 is 0 Å². The normalized spacial score (nSPS) is 18.9. The van der Waals surface area contributed by atoms with Gasteiger partial charge in [0, 0.05) is 12.8 Å². The smallest absolute Gasteiger partial charge is 0.305 e. The topological polar surface area (TPSA) is 175 Å². The molecule has 1 heterocycles. The first-order valence-electron chi connectivity index (χ1n) is 31.8. The molecule has 6 N–H and O–H groups in total. The van der Waals surface area contributed by atoms with Crippen molar-refractivity contribution in [1.29, 1.82) is 0 Å². The fourth-order valence-electron chi connectivity index (χ4n) is 9.89. The Bertz CT molecular complexity index is 1340. The van der Waals surface area contributed by atoms with E-state index in [0.29, 0.717) is 19.4 Å². The molecule has 0 spiro atoms. The van der Waals surface area contributed by atoms with Crippen LogP contribution in [0.1, 0.15) is 296 Å². The summed E-state index contributed by atoms with van der Waals surface area (Å²) < 4.78 is 16.7. The van der Waals surface area contributed by atoms with Crippen molar-refractivity contribution in [3.8, 4) is 0 Å². The maximum absolute atomic E-state index is 13.0. The Morgan fingerprint density at radius 3 is 1.29 bits per heavy atom. The lowest BCUT2D eigenvalue weighted by Gasteiger charge is -2.40. The number of carbonyl (C=O) groups excluding carboxylic acids is 2. The monoisotopic (exact) mass is 1060 g/mol. The van der Waals surface area contributed by atoms with Gasteiger partial charge in [-0.15, -0.1) is 0 Å². The van der Waals surface area contributed by atoms with Crippen LogP contribution in [0.15, 0.2) is 36.5 Å². The third-order valence-corrected chi connectivity index (χ3v) is 15.0. The number of allylic oxidation sites excluding steroid dienone is 5. The summed E-state index contributed by atoms with van der Waals surface area (Å²) in [5.74, 6) is -0.193. The second-order valence-electron chi connectivity index (χ2n) is 22.1. The van der Waals surface area contributed by atoms with Crippen molar-refractivity contribution in [2.75, 3.05) is 19.8 Å². The number of nitrogens with one attached hydrogen (secondary N) is 1. The molecule has 7 unspecified atom stereocenters. The van der Waals surface area contributed by atoms with Gasteiger partial charge in [0.2, 0.25) is 5.91 Å². The summed E-state index contributed by atoms with van der Waals surface area (Å²) in [5, 5.41) is 54.2. The van der Waals surface area contributed by atoms with Crippen molar-refractivity contribution in [3.63, 3.8) is 0 Å². The molecule has 1 fully saturated rings. The largest absolute Gasteiger partial charge is 0.466 e. The second-order valence-corrected chi connectivity index (χ2v) is 22.1. The third kappa shape index (κ3) is 43.4. The van der Waals surface area contributed by atoms with Crippen LogP contribution in [-0.4, -0.2) is 100 Å². The van der Waals surface area contributed by atoms with Gasteiger partial charge in [0.15, 0.2) is 6.29 Å². The van der Waals surface area contributed by atoms with Gasteiger partial charge in [-0.1, -0.05) is 237 Å². The lowest BCUT2D eigenvalue weighted by Crippen LogP contribution is -2.60. The van der Waals surface area contributed by atoms with Crippen LogP contribution in [0.25, 0.3) is 0 Å². The molecular formula is C64H119NO10. The van der Waals surface area contributed by atoms with E-state index in [-0.39, 0.29) is 18.5 Å². The Hall–Kier alpha value is -2.12. The molecule has 1 amide bonds. The Labute approximate surface area is 460 Å². The SMILES string of the molecule is CCCCCC/C=C\CCCCCCCC(=O)OCCCCCCCCCCCCCC/C=C\CCCCCCCCCCCC(=O)NC(COC1OC(CO)C(O)C(O)C1O)C(O)/C=C/CCCCCCCCC. The highest BCUT2D eigenvalue weighted by molar-refractivity contribution is 5.76. The van der Waals surface area contributed by atoms with Gasteiger partial charge in [0.05, 0.1) is 32.0 Å². The summed E-state index contributed by atoms with van der Waals surface area (Å²) in [6.07, 6.45) is 56.9. The number of amides is 1. The van der Waals surface area contributed by atoms with Crippen molar-refractivity contribution < 1.29 is 49.3 Å². The molecule has 75 heavy (non-hydrogen) atoms. The van der Waals surface area contributed by atoms with Gasteiger partial charge in [-0.25, -0.2) is 0 Å². The lowest BCUT2D eigenvalue weighted by molar-refractivity contribution is -0.302. The van der Waals surface area contributed by atoms with E-state index in [4.69, 9.17) is 14.2 Å². The van der Waals surface area contributed by atoms with Gasteiger partial charge in [-0.05, 0) is 83.5 Å². The summed E-state index contributed by atoms with van der Waals surface area (Å²) in [6, 6.07) is -0.811. The zero-order chi connectivity index (χ0) is 54.5. The van der Waals surface area contributed by atoms with Crippen LogP contribution < -0.4 is 5.32 Å². The highest BCUT2D eigenvalue weighted by Gasteiger charge is 2.44. The average Bonchev–Trinajstić information content (AvgIpc) is 3.41. The molecular weight excluding hydrogens is 943 g/mol. The molecule has 11 nitrogen and oxygen atoms in total. The molecule has 11 heteroatoms. The van der Waals surface area contributed by atoms with E-state index in [1.165, 1.54) is 212 Å². The van der Waals surface area contributed by atoms with E-state index < -0.39 is 49.5 Å². The Morgan fingerprint density at radius 2 is 0.853 bits per heavy atom. The summed E-state index contributed by atoms with van der Waals surface area (Å²) in [5.41, 5.74) is 0. The van der Waals surface area contributed by atoms with Gasteiger partial charge in [0.25, 0.3) is 0 Å². The summed E-state index contributed by atoms with van der Waals surface area (Å²) >= 11 is 0. The van der Waals surface area contributed by atoms with Gasteiger partial charge in [-0.3, -0.25) is 9.59 Å². The first-order chi connectivity index (χ1) is 36.7. The maximum atomic E-state index is 13.0. The van der Waals surface area contributed by atoms with Crippen LogP contribution in [0.3, 0.4) is 0 Å². The summed E-state index contributed by atoms with van der Waals surface area (Å²) in [6.45, 7) is 4.30. The predicted octanol–water partition coefficient (Wildman–Crippen LogP) is 15.1. The van der Waals surface area contributed by atoms with E-state index in [9.17, 15) is 35.1 Å². The number of rotatable bonds is 55. The van der Waals surface area contributed by atoms with Crippen LogP contribution in [-0.2, 0) is 23.8 Å². The van der Waals surface area contributed by atoms with E-state index in [2.05, 4.69) is 43.5 Å². The Morgan fingerprint density at radius 1 is 0.480 bits per heavy atom. The molecule has 0 saturated carbocycles. The van der Waals surface area contributed by atoms with Gasteiger partial charge in [-0.2, -0.15) is 0 Å². The molecule has 0 aliphatic carbocycles. The maximum Gasteiger partial charge on any atom is 0.305 e. The van der Waals surface area contributed by atoms with Crippen molar-refractivity contribution in [3.05, 3.63) is 36.5 Å². The highest BCUT2D eigenvalue weighted by atomic mass is 16.7. The molecule has 1 aliphatic rings. The highest BCUT2D eigenvalue weighted by Crippen LogP contribution is 2.23. The third-order valence-electron chi connectivity index (χ3n) is 15.0. The van der Waals surface area contributed by atoms with Crippen molar-refractivity contribution >= 4 is 11.9 Å². The molecule has 0 radical (unpaired) electrons. The fraction of sp³-hybridized carbons (Fsp3) is 0.875. The Kier molecular flexibility index (Phi) is 50.9. The quantitative estimate of drug-likeness (QED) is 0.0195. The first-order valence-corrected chi connectivity index (χ1v) is 31.8. The minimum absolute atomic E-state index is 0.00659. The minimum atomic E-state index is -1.57. The van der Waals surface area contributed by atoms with Crippen LogP contribution in [0.2, 0.25) is 0 Å². The van der Waals surface area contributed by atoms with Crippen molar-refractivity contribution in [2.45, 2.75) is 339 Å². The molecule has 0 aromatic carbocycles. The zero-order valence-corrected chi connectivity index (χ0v) is 48.5. The van der Waals surface area contributed by atoms with E-state index in [0.717, 1.165) is 57.8 Å². The summed E-state index contributed by atoms with van der Waals surface area (Å²) in [7, 11) is 0. The molecule has 1 rings (SSSR count). The molecule has 0 aromatic rings. The van der Waals surface area contributed by atoms with Gasteiger partial charge >= 0.3 is 5.97 Å². The number of aliphatic hydroxyl groups excluding tert-OH is 5. The van der Waals surface area contributed by atoms with Crippen molar-refractivity contribution in [2.24, 2.45) is 0 Å². The average molecular weight is 1060 g/mol. The van der Waals surface area contributed by atoms with Gasteiger partial charge < -0.3 is 45.1 Å². The number of ether oxygens (including phenoxy) is 3. The first kappa shape index (κ1) is 70.9. The van der Waals surface area contributed by atoms with Crippen LogP contribution in [0.4, 0.5) is 0 Å². The lowest BCUT2D eigenvalue weighted by atomic mass is 9.99. The number of hydrogen-bond donors (Lipinski definition) is 6. The Balaban J connectivity index is 1.98. The predicted molar refractivity (Wildman–Crippen MR) is 311 cm³/mol. The minimum Gasteiger partial charge on any atom is -0.466 e. The molecule has 0 aromatic heterocycles. The zero-order valence-electron chi connectivity index (χ0n) is 48.5. The standard InChI is InChI=1S/C64H119NO10/c1-3-5-7-9-11-13-14-28-32-36-40-44-48-52-60(69)73-53-49-45-41-37-33-30-27-25-23-21-19-17-15-16-18-20-22-24-26-29-31-35-39-43-47-51-59(68)65-56(57(67)50-46-42-38-34-12-10-8-6-4-2)55-74-64-63(72)62(71)61(70)58(54-66)75-64/h13-14,16,18,46,50,56-58,61-64,66-67,70-72H,3-12,15,17,19-45,47-49,51-55H2,1-2H3,(H,65,68)/b14-13-,18-16-,50-46+. The van der Waals surface area contributed by atoms with Crippen molar-refractivity contribution in [1.82, 2.24) is 5.32 Å². The number of aliphatic hydroxyl groups is 5. The van der Waals surface area contributed by atoms with E-state index >= 15 is 0 Å². The molecule has 0 bridgehead atoms. The van der Waals surface area contributed by atoms with Crippen LogP contribution in [0, 0.1) is 0 Å². The second kappa shape index (κ2) is 53.9. The number of hydrogen-bond acceptors (Lipinski definition) is 10. The number of unbranched alkanes of at least 4 members (excludes halogenated alkanes) is 37. The molecule has 7 atom stereocenters. The fourth-order valence-corrected chi connectivity index (χ4v) is 9.89. The van der Waals surface area contributed by atoms with Gasteiger partial charge in [0.1, 0.15) is 24.4 Å².